The van der Waals surface area contributed by atoms with Crippen LogP contribution in [0.2, 0.25) is 0 Å². The lowest BCUT2D eigenvalue weighted by molar-refractivity contribution is 0.0951. The Balaban J connectivity index is 1.39. The number of anilines is 1. The SMILES string of the molecule is Cc1ccc(C(=O)NC2CC2)cc1-n1ccnc(N[C@@H](c2ccccc2)[C@H](C)CNC2CCNCC2)c1=O. The normalized spacial score (nSPS) is 17.5. The first kappa shape index (κ1) is 26.1. The Morgan fingerprint density at radius 2 is 1.84 bits per heavy atom. The molecule has 2 atom stereocenters. The Labute approximate surface area is 224 Å². The van der Waals surface area contributed by atoms with Crippen LogP contribution in [-0.2, 0) is 0 Å². The van der Waals surface area contributed by atoms with Crippen LogP contribution in [0.4, 0.5) is 5.82 Å². The molecule has 8 heteroatoms. The molecule has 1 aromatic heterocycles. The van der Waals surface area contributed by atoms with Crippen LogP contribution >= 0.6 is 0 Å². The zero-order valence-corrected chi connectivity index (χ0v) is 22.2. The summed E-state index contributed by atoms with van der Waals surface area (Å²) in [6.45, 7) is 7.06. The zero-order valence-electron chi connectivity index (χ0n) is 22.2. The highest BCUT2D eigenvalue weighted by Gasteiger charge is 2.25. The number of benzene rings is 2. The summed E-state index contributed by atoms with van der Waals surface area (Å²) in [5.74, 6) is 0.397. The van der Waals surface area contributed by atoms with Gasteiger partial charge in [0.2, 0.25) is 0 Å². The van der Waals surface area contributed by atoms with Crippen LogP contribution in [-0.4, -0.2) is 47.2 Å². The minimum Gasteiger partial charge on any atom is -0.358 e. The van der Waals surface area contributed by atoms with Crippen molar-refractivity contribution in [2.24, 2.45) is 5.92 Å². The second kappa shape index (κ2) is 11.9. The van der Waals surface area contributed by atoms with Gasteiger partial charge >= 0.3 is 0 Å². The van der Waals surface area contributed by atoms with E-state index in [0.29, 0.717) is 23.1 Å². The molecule has 4 N–H and O–H groups in total. The maximum Gasteiger partial charge on any atom is 0.297 e. The third-order valence-corrected chi connectivity index (χ3v) is 7.57. The summed E-state index contributed by atoms with van der Waals surface area (Å²) in [5, 5.41) is 13.6. The van der Waals surface area contributed by atoms with Gasteiger partial charge in [0.1, 0.15) is 0 Å². The smallest absolute Gasteiger partial charge is 0.297 e. The summed E-state index contributed by atoms with van der Waals surface area (Å²) in [6.07, 6.45) is 7.60. The quantitative estimate of drug-likeness (QED) is 0.330. The minimum atomic E-state index is -0.241. The number of nitrogens with zero attached hydrogens (tertiary/aromatic N) is 2. The molecule has 5 rings (SSSR count). The lowest BCUT2D eigenvalue weighted by Gasteiger charge is -2.30. The van der Waals surface area contributed by atoms with E-state index >= 15 is 0 Å². The highest BCUT2D eigenvalue weighted by atomic mass is 16.2. The largest absolute Gasteiger partial charge is 0.358 e. The molecular formula is C30H38N6O2. The number of nitrogens with one attached hydrogen (secondary N) is 4. The van der Waals surface area contributed by atoms with Crippen molar-refractivity contribution < 1.29 is 4.79 Å². The van der Waals surface area contributed by atoms with Crippen LogP contribution in [0.5, 0.6) is 0 Å². The van der Waals surface area contributed by atoms with Crippen molar-refractivity contribution in [3.05, 3.63) is 88.0 Å². The number of piperidine rings is 1. The Hall–Kier alpha value is -3.49. The first-order chi connectivity index (χ1) is 18.5. The molecular weight excluding hydrogens is 476 g/mol. The molecule has 0 unspecified atom stereocenters. The van der Waals surface area contributed by atoms with Crippen LogP contribution < -0.4 is 26.8 Å². The van der Waals surface area contributed by atoms with Gasteiger partial charge in [0.15, 0.2) is 5.82 Å². The summed E-state index contributed by atoms with van der Waals surface area (Å²) >= 11 is 0. The van der Waals surface area contributed by atoms with E-state index in [1.54, 1.807) is 23.0 Å². The number of aryl methyl sites for hydroxylation is 1. The molecule has 0 spiro atoms. The molecule has 2 fully saturated rings. The molecule has 1 saturated carbocycles. The summed E-state index contributed by atoms with van der Waals surface area (Å²) in [6, 6.07) is 16.4. The fourth-order valence-corrected chi connectivity index (χ4v) is 5.07. The second-order valence-corrected chi connectivity index (χ2v) is 10.6. The van der Waals surface area contributed by atoms with Gasteiger partial charge in [0.25, 0.3) is 11.5 Å². The number of carbonyl (C=O) groups excluding carboxylic acids is 1. The van der Waals surface area contributed by atoms with Crippen molar-refractivity contribution >= 4 is 11.7 Å². The van der Waals surface area contributed by atoms with Gasteiger partial charge in [-0.05, 0) is 74.9 Å². The zero-order chi connectivity index (χ0) is 26.5. The third-order valence-electron chi connectivity index (χ3n) is 7.57. The van der Waals surface area contributed by atoms with Crippen molar-refractivity contribution in [3.8, 4) is 5.69 Å². The van der Waals surface area contributed by atoms with Gasteiger partial charge in [-0.15, -0.1) is 0 Å². The number of hydrogen-bond acceptors (Lipinski definition) is 6. The van der Waals surface area contributed by atoms with E-state index in [1.807, 2.05) is 37.3 Å². The topological polar surface area (TPSA) is 100 Å². The molecule has 1 aliphatic heterocycles. The van der Waals surface area contributed by atoms with Crippen molar-refractivity contribution in [3.63, 3.8) is 0 Å². The van der Waals surface area contributed by atoms with Gasteiger partial charge in [-0.1, -0.05) is 43.3 Å². The average molecular weight is 515 g/mol. The Morgan fingerprint density at radius 3 is 2.58 bits per heavy atom. The summed E-state index contributed by atoms with van der Waals surface area (Å²) < 4.78 is 1.58. The fourth-order valence-electron chi connectivity index (χ4n) is 5.07. The number of amides is 1. The van der Waals surface area contributed by atoms with E-state index in [-0.39, 0.29) is 29.5 Å². The molecule has 1 amide bonds. The number of carbonyl (C=O) groups is 1. The monoisotopic (exact) mass is 514 g/mol. The standard InChI is InChI=1S/C30H38N6O2/c1-20-8-9-23(29(37)34-25-10-11-25)18-26(20)36-17-16-32-28(30(36)38)35-27(22-6-4-3-5-7-22)21(2)19-33-24-12-14-31-15-13-24/h3-9,16-18,21,24-25,27,31,33H,10-15,19H2,1-2H3,(H,32,35)(H,34,37)/t21-,27-/m1/s1. The van der Waals surface area contributed by atoms with Gasteiger partial charge < -0.3 is 21.3 Å². The maximum absolute atomic E-state index is 13.7. The second-order valence-electron chi connectivity index (χ2n) is 10.6. The molecule has 2 aliphatic rings. The summed E-state index contributed by atoms with van der Waals surface area (Å²) in [7, 11) is 0. The lowest BCUT2D eigenvalue weighted by Crippen LogP contribution is -2.42. The first-order valence-corrected chi connectivity index (χ1v) is 13.7. The molecule has 0 radical (unpaired) electrons. The molecule has 1 saturated heterocycles. The molecule has 200 valence electrons. The van der Waals surface area contributed by atoms with Crippen molar-refractivity contribution in [2.75, 3.05) is 25.0 Å². The molecule has 8 nitrogen and oxygen atoms in total. The van der Waals surface area contributed by atoms with Crippen molar-refractivity contribution in [2.45, 2.75) is 57.7 Å². The Bertz CT molecular complexity index is 1300. The van der Waals surface area contributed by atoms with Gasteiger partial charge in [-0.3, -0.25) is 14.2 Å². The van der Waals surface area contributed by atoms with E-state index < -0.39 is 0 Å². The van der Waals surface area contributed by atoms with E-state index in [0.717, 1.165) is 56.4 Å². The fraction of sp³-hybridized carbons (Fsp3) is 0.433. The lowest BCUT2D eigenvalue weighted by atomic mass is 9.93. The predicted molar refractivity (Wildman–Crippen MR) is 151 cm³/mol. The Morgan fingerprint density at radius 1 is 1.08 bits per heavy atom. The van der Waals surface area contributed by atoms with Crippen LogP contribution in [0, 0.1) is 12.8 Å². The molecule has 38 heavy (non-hydrogen) atoms. The maximum atomic E-state index is 13.7. The Kier molecular flexibility index (Phi) is 8.20. The van der Waals surface area contributed by atoms with Crippen molar-refractivity contribution in [1.29, 1.82) is 0 Å². The molecule has 1 aliphatic carbocycles. The molecule has 3 aromatic rings. The minimum absolute atomic E-state index is 0.0989. The average Bonchev–Trinajstić information content (AvgIpc) is 3.76. The van der Waals surface area contributed by atoms with Crippen LogP contribution in [0.15, 0.2) is 65.7 Å². The van der Waals surface area contributed by atoms with Gasteiger partial charge in [0, 0.05) is 36.6 Å². The van der Waals surface area contributed by atoms with Crippen LogP contribution in [0.1, 0.15) is 60.1 Å². The number of hydrogen-bond donors (Lipinski definition) is 4. The van der Waals surface area contributed by atoms with E-state index in [2.05, 4.69) is 45.3 Å². The summed E-state index contributed by atoms with van der Waals surface area (Å²) in [5.41, 5.74) is 3.01. The van der Waals surface area contributed by atoms with Crippen molar-refractivity contribution in [1.82, 2.24) is 25.5 Å². The number of rotatable bonds is 10. The predicted octanol–water partition coefficient (Wildman–Crippen LogP) is 3.56. The van der Waals surface area contributed by atoms with Crippen LogP contribution in [0.3, 0.4) is 0 Å². The third kappa shape index (κ3) is 6.31. The molecule has 2 aromatic carbocycles. The van der Waals surface area contributed by atoms with E-state index in [4.69, 9.17) is 0 Å². The van der Waals surface area contributed by atoms with Gasteiger partial charge in [-0.2, -0.15) is 0 Å². The summed E-state index contributed by atoms with van der Waals surface area (Å²) in [4.78, 5) is 30.8. The molecule has 2 heterocycles. The van der Waals surface area contributed by atoms with E-state index in [1.165, 1.54) is 0 Å². The van der Waals surface area contributed by atoms with E-state index in [9.17, 15) is 9.59 Å². The van der Waals surface area contributed by atoms with Crippen LogP contribution in [0.25, 0.3) is 5.69 Å². The molecule has 0 bridgehead atoms. The first-order valence-electron chi connectivity index (χ1n) is 13.7. The van der Waals surface area contributed by atoms with Gasteiger partial charge in [0.05, 0.1) is 11.7 Å². The van der Waals surface area contributed by atoms with Gasteiger partial charge in [-0.25, -0.2) is 4.98 Å². The highest BCUT2D eigenvalue weighted by molar-refractivity contribution is 5.95. The highest BCUT2D eigenvalue weighted by Crippen LogP contribution is 2.26. The number of aromatic nitrogens is 2.